The van der Waals surface area contributed by atoms with E-state index >= 15 is 0 Å². The molecule has 0 unspecified atom stereocenters. The van der Waals surface area contributed by atoms with Gasteiger partial charge in [-0.2, -0.15) is 5.26 Å². The van der Waals surface area contributed by atoms with Crippen LogP contribution in [-0.4, -0.2) is 16.5 Å². The topological polar surface area (TPSA) is 57.8 Å². The normalized spacial score (nSPS) is 14.3. The minimum absolute atomic E-state index is 0.0984. The SMILES string of the molecule is Cc1cc(/C=C(\C#N)C(=O)NC2CC2)c(C)n1-c1ccc(F)cc1. The lowest BCUT2D eigenvalue weighted by Gasteiger charge is -2.09. The molecule has 1 heterocycles. The van der Waals surface area contributed by atoms with Crippen LogP contribution in [0, 0.1) is 31.0 Å². The zero-order valence-electron chi connectivity index (χ0n) is 13.6. The van der Waals surface area contributed by atoms with Crippen molar-refractivity contribution in [1.82, 2.24) is 9.88 Å². The molecule has 1 aliphatic rings. The highest BCUT2D eigenvalue weighted by atomic mass is 19.1. The summed E-state index contributed by atoms with van der Waals surface area (Å²) in [7, 11) is 0. The average molecular weight is 323 g/mol. The maximum Gasteiger partial charge on any atom is 0.262 e. The summed E-state index contributed by atoms with van der Waals surface area (Å²) in [6, 6.07) is 10.3. The Bertz CT molecular complexity index is 852. The number of aryl methyl sites for hydroxylation is 1. The first kappa shape index (κ1) is 16.0. The zero-order valence-corrected chi connectivity index (χ0v) is 13.6. The fourth-order valence-electron chi connectivity index (χ4n) is 2.72. The number of hydrogen-bond acceptors (Lipinski definition) is 2. The molecule has 0 radical (unpaired) electrons. The van der Waals surface area contributed by atoms with E-state index in [-0.39, 0.29) is 23.3 Å². The van der Waals surface area contributed by atoms with Gasteiger partial charge in [0.05, 0.1) is 0 Å². The molecule has 122 valence electrons. The van der Waals surface area contributed by atoms with Crippen LogP contribution < -0.4 is 5.32 Å². The summed E-state index contributed by atoms with van der Waals surface area (Å²) >= 11 is 0. The Kier molecular flexibility index (Phi) is 4.22. The summed E-state index contributed by atoms with van der Waals surface area (Å²) < 4.78 is 15.1. The molecule has 1 fully saturated rings. The van der Waals surface area contributed by atoms with Crippen molar-refractivity contribution in [3.63, 3.8) is 0 Å². The van der Waals surface area contributed by atoms with Crippen LogP contribution in [0.15, 0.2) is 35.9 Å². The van der Waals surface area contributed by atoms with Gasteiger partial charge >= 0.3 is 0 Å². The van der Waals surface area contributed by atoms with E-state index in [0.717, 1.165) is 35.5 Å². The number of carbonyl (C=O) groups is 1. The van der Waals surface area contributed by atoms with Gasteiger partial charge in [-0.3, -0.25) is 4.79 Å². The molecule has 2 aromatic rings. The Morgan fingerprint density at radius 1 is 1.33 bits per heavy atom. The molecule has 0 saturated heterocycles. The van der Waals surface area contributed by atoms with Crippen molar-refractivity contribution < 1.29 is 9.18 Å². The van der Waals surface area contributed by atoms with E-state index in [2.05, 4.69) is 5.32 Å². The molecule has 5 heteroatoms. The monoisotopic (exact) mass is 323 g/mol. The zero-order chi connectivity index (χ0) is 17.3. The molecule has 4 nitrogen and oxygen atoms in total. The number of rotatable bonds is 4. The second kappa shape index (κ2) is 6.32. The van der Waals surface area contributed by atoms with Crippen molar-refractivity contribution in [3.05, 3.63) is 58.7 Å². The largest absolute Gasteiger partial charge is 0.349 e. The van der Waals surface area contributed by atoms with Crippen LogP contribution in [0.4, 0.5) is 4.39 Å². The van der Waals surface area contributed by atoms with Gasteiger partial charge in [0.15, 0.2) is 0 Å². The standard InChI is InChI=1S/C19H18FN3O/c1-12-9-14(10-15(11-21)19(24)22-17-5-6-17)13(2)23(12)18-7-3-16(20)4-8-18/h3-4,7-10,17H,5-6H2,1-2H3,(H,22,24)/b15-10+. The summed E-state index contributed by atoms with van der Waals surface area (Å²) in [6.07, 6.45) is 3.56. The highest BCUT2D eigenvalue weighted by molar-refractivity contribution is 6.02. The van der Waals surface area contributed by atoms with E-state index in [4.69, 9.17) is 0 Å². The predicted molar refractivity (Wildman–Crippen MR) is 90.0 cm³/mol. The number of halogens is 1. The van der Waals surface area contributed by atoms with Crippen LogP contribution in [0.25, 0.3) is 11.8 Å². The highest BCUT2D eigenvalue weighted by Gasteiger charge is 2.25. The number of benzene rings is 1. The van der Waals surface area contributed by atoms with Gasteiger partial charge in [0, 0.05) is 23.1 Å². The Balaban J connectivity index is 1.95. The van der Waals surface area contributed by atoms with Crippen LogP contribution in [0.3, 0.4) is 0 Å². The van der Waals surface area contributed by atoms with Gasteiger partial charge in [0.25, 0.3) is 5.91 Å². The lowest BCUT2D eigenvalue weighted by molar-refractivity contribution is -0.117. The fourth-order valence-corrected chi connectivity index (χ4v) is 2.72. The molecule has 0 aliphatic heterocycles. The van der Waals surface area contributed by atoms with Crippen LogP contribution in [-0.2, 0) is 4.79 Å². The van der Waals surface area contributed by atoms with Gasteiger partial charge in [0.2, 0.25) is 0 Å². The smallest absolute Gasteiger partial charge is 0.262 e. The third-order valence-electron chi connectivity index (χ3n) is 4.13. The summed E-state index contributed by atoms with van der Waals surface area (Å²) in [5, 5.41) is 12.1. The minimum atomic E-state index is -0.327. The number of amides is 1. The molecule has 0 atom stereocenters. The second-order valence-corrected chi connectivity index (χ2v) is 6.06. The summed E-state index contributed by atoms with van der Waals surface area (Å²) in [4.78, 5) is 12.1. The molecule has 1 saturated carbocycles. The minimum Gasteiger partial charge on any atom is -0.349 e. The van der Waals surface area contributed by atoms with Crippen molar-refractivity contribution in [1.29, 1.82) is 5.26 Å². The molecule has 1 aromatic carbocycles. The molecule has 0 spiro atoms. The number of hydrogen-bond donors (Lipinski definition) is 1. The summed E-state index contributed by atoms with van der Waals surface area (Å²) in [5.74, 6) is -0.614. The van der Waals surface area contributed by atoms with Crippen LogP contribution in [0.5, 0.6) is 0 Å². The molecule has 3 rings (SSSR count). The van der Waals surface area contributed by atoms with E-state index in [1.54, 1.807) is 18.2 Å². The first-order valence-electron chi connectivity index (χ1n) is 7.87. The quantitative estimate of drug-likeness (QED) is 0.692. The lowest BCUT2D eigenvalue weighted by atomic mass is 10.1. The molecule has 24 heavy (non-hydrogen) atoms. The van der Waals surface area contributed by atoms with Gasteiger partial charge in [-0.1, -0.05) is 0 Å². The Hall–Kier alpha value is -2.87. The van der Waals surface area contributed by atoms with E-state index in [1.807, 2.05) is 30.6 Å². The van der Waals surface area contributed by atoms with Crippen LogP contribution in [0.2, 0.25) is 0 Å². The maximum atomic E-state index is 13.1. The molecular weight excluding hydrogens is 305 g/mol. The Morgan fingerprint density at radius 3 is 2.58 bits per heavy atom. The van der Waals surface area contributed by atoms with Gasteiger partial charge in [0.1, 0.15) is 17.5 Å². The number of nitriles is 1. The number of carbonyl (C=O) groups excluding carboxylic acids is 1. The van der Waals surface area contributed by atoms with Gasteiger partial charge in [-0.25, -0.2) is 4.39 Å². The first-order chi connectivity index (χ1) is 11.5. The van der Waals surface area contributed by atoms with Crippen molar-refractivity contribution in [3.8, 4) is 11.8 Å². The summed E-state index contributed by atoms with van der Waals surface area (Å²) in [5.41, 5.74) is 3.59. The molecule has 1 N–H and O–H groups in total. The van der Waals surface area contributed by atoms with E-state index in [0.29, 0.717) is 0 Å². The van der Waals surface area contributed by atoms with Crippen LogP contribution >= 0.6 is 0 Å². The molecular formula is C19H18FN3O. The fraction of sp³-hybridized carbons (Fsp3) is 0.263. The van der Waals surface area contributed by atoms with E-state index < -0.39 is 0 Å². The lowest BCUT2D eigenvalue weighted by Crippen LogP contribution is -2.26. The number of aromatic nitrogens is 1. The number of nitrogens with one attached hydrogen (secondary N) is 1. The van der Waals surface area contributed by atoms with Gasteiger partial charge in [-0.15, -0.1) is 0 Å². The van der Waals surface area contributed by atoms with Crippen molar-refractivity contribution >= 4 is 12.0 Å². The van der Waals surface area contributed by atoms with Gasteiger partial charge < -0.3 is 9.88 Å². The maximum absolute atomic E-state index is 13.1. The Morgan fingerprint density at radius 2 is 2.00 bits per heavy atom. The first-order valence-corrected chi connectivity index (χ1v) is 7.87. The molecule has 1 aromatic heterocycles. The van der Waals surface area contributed by atoms with Crippen molar-refractivity contribution in [2.45, 2.75) is 32.7 Å². The van der Waals surface area contributed by atoms with Crippen molar-refractivity contribution in [2.24, 2.45) is 0 Å². The molecule has 1 aliphatic carbocycles. The van der Waals surface area contributed by atoms with E-state index in [1.165, 1.54) is 12.1 Å². The number of nitrogens with zero attached hydrogens (tertiary/aromatic N) is 2. The highest BCUT2D eigenvalue weighted by Crippen LogP contribution is 2.24. The van der Waals surface area contributed by atoms with E-state index in [9.17, 15) is 14.4 Å². The average Bonchev–Trinajstić information content (AvgIpc) is 3.32. The van der Waals surface area contributed by atoms with Crippen molar-refractivity contribution in [2.75, 3.05) is 0 Å². The predicted octanol–water partition coefficient (Wildman–Crippen LogP) is 3.42. The third-order valence-corrected chi connectivity index (χ3v) is 4.13. The van der Waals surface area contributed by atoms with Gasteiger partial charge in [-0.05, 0) is 68.7 Å². The molecule has 1 amide bonds. The summed E-state index contributed by atoms with van der Waals surface area (Å²) in [6.45, 7) is 3.85. The third kappa shape index (κ3) is 3.23. The Labute approximate surface area is 140 Å². The second-order valence-electron chi connectivity index (χ2n) is 6.06. The molecule has 0 bridgehead atoms. The van der Waals surface area contributed by atoms with Crippen LogP contribution in [0.1, 0.15) is 29.8 Å².